The molecule has 2 amide bonds. The minimum absolute atomic E-state index is 0.266. The van der Waals surface area contributed by atoms with E-state index in [1.165, 1.54) is 47.6 Å². The Balaban J connectivity index is 1.75. The molecule has 0 aliphatic rings. The van der Waals surface area contributed by atoms with E-state index in [1.54, 1.807) is 18.2 Å². The lowest BCUT2D eigenvalue weighted by molar-refractivity contribution is -0.605. The highest BCUT2D eigenvalue weighted by Gasteiger charge is 2.24. The Morgan fingerprint density at radius 3 is 2.49 bits per heavy atom. The van der Waals surface area contributed by atoms with Gasteiger partial charge < -0.3 is 21.6 Å². The number of thiophene rings is 1. The molecule has 4 aromatic rings. The van der Waals surface area contributed by atoms with Gasteiger partial charge in [0, 0.05) is 28.9 Å². The first-order chi connectivity index (χ1) is 16.6. The SMILES string of the molecule is CSc1nc(-c2cccc(NC(=O)c3cc[n+]([O-])cc3)c2)c2c(N)c(C(=O)NC(C)(C)C)sc2n1. The van der Waals surface area contributed by atoms with Crippen LogP contribution >= 0.6 is 23.1 Å². The predicted molar refractivity (Wildman–Crippen MR) is 140 cm³/mol. The molecule has 0 bridgehead atoms. The fourth-order valence-corrected chi connectivity index (χ4v) is 4.79. The van der Waals surface area contributed by atoms with Crippen molar-refractivity contribution in [2.45, 2.75) is 31.5 Å². The summed E-state index contributed by atoms with van der Waals surface area (Å²) in [6.45, 7) is 5.71. The van der Waals surface area contributed by atoms with Crippen molar-refractivity contribution in [3.63, 3.8) is 0 Å². The second-order valence-electron chi connectivity index (χ2n) is 8.77. The third-order valence-electron chi connectivity index (χ3n) is 4.90. The second-order valence-corrected chi connectivity index (χ2v) is 10.5. The highest BCUT2D eigenvalue weighted by Crippen LogP contribution is 2.40. The summed E-state index contributed by atoms with van der Waals surface area (Å²) in [5.41, 5.74) is 8.55. The molecule has 0 spiro atoms. The van der Waals surface area contributed by atoms with Crippen LogP contribution < -0.4 is 21.1 Å². The van der Waals surface area contributed by atoms with Gasteiger partial charge in [0.2, 0.25) is 0 Å². The molecule has 3 aromatic heterocycles. The van der Waals surface area contributed by atoms with E-state index in [2.05, 4.69) is 20.6 Å². The van der Waals surface area contributed by atoms with Crippen molar-refractivity contribution in [3.8, 4) is 11.3 Å². The zero-order chi connectivity index (χ0) is 25.3. The normalized spacial score (nSPS) is 11.4. The van der Waals surface area contributed by atoms with Crippen LogP contribution in [0.25, 0.3) is 21.5 Å². The fraction of sp³-hybridized carbons (Fsp3) is 0.208. The molecule has 0 unspecified atom stereocenters. The van der Waals surface area contributed by atoms with Crippen LogP contribution in [0, 0.1) is 5.21 Å². The van der Waals surface area contributed by atoms with E-state index >= 15 is 0 Å². The molecule has 180 valence electrons. The topological polar surface area (TPSA) is 137 Å². The van der Waals surface area contributed by atoms with E-state index in [9.17, 15) is 14.8 Å². The summed E-state index contributed by atoms with van der Waals surface area (Å²) in [6.07, 6.45) is 4.40. The lowest BCUT2D eigenvalue weighted by Crippen LogP contribution is -2.40. The van der Waals surface area contributed by atoms with Gasteiger partial charge in [-0.3, -0.25) is 9.59 Å². The van der Waals surface area contributed by atoms with Crippen molar-refractivity contribution in [2.24, 2.45) is 0 Å². The number of pyridine rings is 1. The average molecular weight is 509 g/mol. The van der Waals surface area contributed by atoms with Crippen molar-refractivity contribution in [1.82, 2.24) is 15.3 Å². The molecule has 11 heteroatoms. The molecular formula is C24H24N6O3S2. The Labute approximate surface area is 210 Å². The van der Waals surface area contributed by atoms with Crippen LogP contribution in [0.1, 0.15) is 40.8 Å². The third-order valence-corrected chi connectivity index (χ3v) is 6.55. The van der Waals surface area contributed by atoms with Gasteiger partial charge in [-0.2, -0.15) is 4.73 Å². The first-order valence-electron chi connectivity index (χ1n) is 10.6. The Bertz CT molecular complexity index is 1430. The van der Waals surface area contributed by atoms with Crippen LogP contribution in [0.3, 0.4) is 0 Å². The van der Waals surface area contributed by atoms with Gasteiger partial charge in [0.05, 0.1) is 22.3 Å². The quantitative estimate of drug-likeness (QED) is 0.160. The van der Waals surface area contributed by atoms with Crippen LogP contribution in [0.5, 0.6) is 0 Å². The number of nitrogens with zero attached hydrogens (tertiary/aromatic N) is 3. The smallest absolute Gasteiger partial charge is 0.263 e. The maximum atomic E-state index is 12.9. The number of hydrogen-bond donors (Lipinski definition) is 3. The predicted octanol–water partition coefficient (Wildman–Crippen LogP) is 4.08. The fourth-order valence-electron chi connectivity index (χ4n) is 3.38. The molecule has 3 heterocycles. The van der Waals surface area contributed by atoms with Crippen LogP contribution in [-0.4, -0.2) is 33.6 Å². The zero-order valence-corrected chi connectivity index (χ0v) is 21.2. The third kappa shape index (κ3) is 5.36. The number of benzene rings is 1. The van der Waals surface area contributed by atoms with Crippen LogP contribution in [0.15, 0.2) is 53.9 Å². The van der Waals surface area contributed by atoms with Gasteiger partial charge in [-0.1, -0.05) is 23.9 Å². The van der Waals surface area contributed by atoms with Crippen molar-refractivity contribution in [2.75, 3.05) is 17.3 Å². The van der Waals surface area contributed by atoms with Gasteiger partial charge in [0.15, 0.2) is 17.6 Å². The molecule has 0 aliphatic carbocycles. The van der Waals surface area contributed by atoms with Gasteiger partial charge in [-0.05, 0) is 39.2 Å². The van der Waals surface area contributed by atoms with Gasteiger partial charge in [0.1, 0.15) is 9.71 Å². The number of nitrogens with two attached hydrogens (primary N) is 1. The maximum absolute atomic E-state index is 12.9. The molecule has 4 rings (SSSR count). The standard InChI is InChI=1S/C24H24N6O3S2/c1-24(2,3)29-21(32)19-17(25)16-18(27-23(34-4)28-22(16)35-19)14-6-5-7-15(12-14)26-20(31)13-8-10-30(33)11-9-13/h5-12H,25H2,1-4H3,(H,26,31)(H,29,32). The number of carbonyl (C=O) groups excluding carboxylic acids is 2. The van der Waals surface area contributed by atoms with Crippen molar-refractivity contribution >= 4 is 56.5 Å². The largest absolute Gasteiger partial charge is 0.619 e. The number of carbonyl (C=O) groups is 2. The summed E-state index contributed by atoms with van der Waals surface area (Å²) < 4.78 is 0.613. The number of amides is 2. The highest BCUT2D eigenvalue weighted by atomic mass is 32.2. The number of hydrogen-bond acceptors (Lipinski definition) is 8. The Morgan fingerprint density at radius 2 is 1.83 bits per heavy atom. The number of thioether (sulfide) groups is 1. The summed E-state index contributed by atoms with van der Waals surface area (Å²) >= 11 is 2.61. The summed E-state index contributed by atoms with van der Waals surface area (Å²) in [5, 5.41) is 18.2. The lowest BCUT2D eigenvalue weighted by atomic mass is 10.1. The summed E-state index contributed by atoms with van der Waals surface area (Å²) in [4.78, 5) is 35.7. The van der Waals surface area contributed by atoms with Crippen LogP contribution in [0.2, 0.25) is 0 Å². The number of nitrogens with one attached hydrogen (secondary N) is 2. The van der Waals surface area contributed by atoms with Gasteiger partial charge in [-0.15, -0.1) is 11.3 Å². The lowest BCUT2D eigenvalue weighted by Gasteiger charge is -2.20. The highest BCUT2D eigenvalue weighted by molar-refractivity contribution is 7.98. The molecule has 0 saturated heterocycles. The summed E-state index contributed by atoms with van der Waals surface area (Å²) in [6, 6.07) is 10.1. The molecule has 9 nitrogen and oxygen atoms in total. The Hall–Kier alpha value is -3.70. The molecule has 0 aliphatic heterocycles. The van der Waals surface area contributed by atoms with Crippen LogP contribution in [0.4, 0.5) is 11.4 Å². The number of rotatable bonds is 5. The summed E-state index contributed by atoms with van der Waals surface area (Å²) in [7, 11) is 0. The first-order valence-corrected chi connectivity index (χ1v) is 12.7. The minimum atomic E-state index is -0.419. The van der Waals surface area contributed by atoms with Crippen LogP contribution in [-0.2, 0) is 0 Å². The minimum Gasteiger partial charge on any atom is -0.619 e. The van der Waals surface area contributed by atoms with E-state index in [4.69, 9.17) is 5.73 Å². The van der Waals surface area contributed by atoms with Crippen molar-refractivity contribution < 1.29 is 14.3 Å². The van der Waals surface area contributed by atoms with Gasteiger partial charge >= 0.3 is 0 Å². The second kappa shape index (κ2) is 9.51. The first kappa shape index (κ1) is 24.4. The van der Waals surface area contributed by atoms with E-state index < -0.39 is 5.54 Å². The monoisotopic (exact) mass is 508 g/mol. The van der Waals surface area contributed by atoms with Gasteiger partial charge in [-0.25, -0.2) is 9.97 Å². The zero-order valence-electron chi connectivity index (χ0n) is 19.6. The number of anilines is 2. The molecule has 0 saturated carbocycles. The molecule has 0 radical (unpaired) electrons. The van der Waals surface area contributed by atoms with E-state index in [1.807, 2.05) is 33.1 Å². The molecule has 4 N–H and O–H groups in total. The van der Waals surface area contributed by atoms with E-state index in [0.29, 0.717) is 53.2 Å². The van der Waals surface area contributed by atoms with Gasteiger partial charge in [0.25, 0.3) is 11.8 Å². The van der Waals surface area contributed by atoms with E-state index in [-0.39, 0.29) is 11.8 Å². The number of fused-ring (bicyclic) bond motifs is 1. The number of nitrogen functional groups attached to an aromatic ring is 1. The van der Waals surface area contributed by atoms with Crippen molar-refractivity contribution in [1.29, 1.82) is 0 Å². The van der Waals surface area contributed by atoms with E-state index in [0.717, 1.165) is 0 Å². The maximum Gasteiger partial charge on any atom is 0.263 e. The molecular weight excluding hydrogens is 484 g/mol. The summed E-state index contributed by atoms with van der Waals surface area (Å²) in [5.74, 6) is -0.616. The Morgan fingerprint density at radius 1 is 1.11 bits per heavy atom. The molecule has 0 atom stereocenters. The van der Waals surface area contributed by atoms with Crippen molar-refractivity contribution in [3.05, 3.63) is 64.4 Å². The Kier molecular flexibility index (Phi) is 6.64. The molecule has 1 aromatic carbocycles. The molecule has 35 heavy (non-hydrogen) atoms. The molecule has 0 fully saturated rings. The average Bonchev–Trinajstić information content (AvgIpc) is 3.14. The number of aromatic nitrogens is 3.